The third kappa shape index (κ3) is 2.95. The standard InChI is InChI=1S/C15H18N4O2/c1-10-9-19(7-6-16-10)15(20)13-5-3-4-12(8-13)14-17-11(2)21-18-14/h3-5,8,10,16H,6-7,9H2,1-2H3/t10-/m1/s1. The monoisotopic (exact) mass is 286 g/mol. The number of aryl methyl sites for hydroxylation is 1. The third-order valence-corrected chi connectivity index (χ3v) is 3.55. The van der Waals surface area contributed by atoms with Crippen molar-refractivity contribution in [1.29, 1.82) is 0 Å². The molecule has 1 saturated heterocycles. The summed E-state index contributed by atoms with van der Waals surface area (Å²) in [6, 6.07) is 7.69. The predicted molar refractivity (Wildman–Crippen MR) is 77.8 cm³/mol. The first-order chi connectivity index (χ1) is 10.1. The number of nitrogens with zero attached hydrogens (tertiary/aromatic N) is 3. The van der Waals surface area contributed by atoms with Gasteiger partial charge >= 0.3 is 0 Å². The molecule has 0 spiro atoms. The summed E-state index contributed by atoms with van der Waals surface area (Å²) in [5, 5.41) is 7.22. The lowest BCUT2D eigenvalue weighted by atomic mass is 10.1. The van der Waals surface area contributed by atoms with Crippen molar-refractivity contribution in [2.24, 2.45) is 0 Å². The van der Waals surface area contributed by atoms with Gasteiger partial charge in [0.1, 0.15) is 0 Å². The highest BCUT2D eigenvalue weighted by Crippen LogP contribution is 2.18. The lowest BCUT2D eigenvalue weighted by molar-refractivity contribution is 0.0709. The smallest absolute Gasteiger partial charge is 0.253 e. The number of amides is 1. The van der Waals surface area contributed by atoms with E-state index in [1.165, 1.54) is 0 Å². The molecule has 6 nitrogen and oxygen atoms in total. The minimum atomic E-state index is 0.0467. The van der Waals surface area contributed by atoms with Gasteiger partial charge in [-0.25, -0.2) is 0 Å². The van der Waals surface area contributed by atoms with Gasteiger partial charge in [0.15, 0.2) is 0 Å². The number of carbonyl (C=O) groups is 1. The van der Waals surface area contributed by atoms with Crippen LogP contribution >= 0.6 is 0 Å². The second-order valence-corrected chi connectivity index (χ2v) is 5.32. The van der Waals surface area contributed by atoms with Crippen LogP contribution in [0.15, 0.2) is 28.8 Å². The Kier molecular flexibility index (Phi) is 3.70. The molecule has 1 atom stereocenters. The summed E-state index contributed by atoms with van der Waals surface area (Å²) in [5.41, 5.74) is 1.45. The van der Waals surface area contributed by atoms with E-state index in [0.29, 0.717) is 23.3 Å². The Morgan fingerprint density at radius 3 is 3.05 bits per heavy atom. The van der Waals surface area contributed by atoms with Crippen molar-refractivity contribution in [3.63, 3.8) is 0 Å². The molecule has 3 rings (SSSR count). The number of benzene rings is 1. The van der Waals surface area contributed by atoms with Crippen LogP contribution < -0.4 is 5.32 Å². The molecular formula is C15H18N4O2. The van der Waals surface area contributed by atoms with Crippen molar-refractivity contribution < 1.29 is 9.32 Å². The van der Waals surface area contributed by atoms with Gasteiger partial charge in [0.2, 0.25) is 11.7 Å². The van der Waals surface area contributed by atoms with Gasteiger partial charge in [-0.3, -0.25) is 4.79 Å². The van der Waals surface area contributed by atoms with Gasteiger partial charge in [-0.1, -0.05) is 17.3 Å². The number of hydrogen-bond acceptors (Lipinski definition) is 5. The Hall–Kier alpha value is -2.21. The molecule has 1 aliphatic heterocycles. The molecular weight excluding hydrogens is 268 g/mol. The Morgan fingerprint density at radius 2 is 2.33 bits per heavy atom. The van der Waals surface area contributed by atoms with Crippen LogP contribution in [0.3, 0.4) is 0 Å². The maximum atomic E-state index is 12.6. The van der Waals surface area contributed by atoms with Gasteiger partial charge in [-0.2, -0.15) is 4.98 Å². The van der Waals surface area contributed by atoms with E-state index in [2.05, 4.69) is 22.4 Å². The van der Waals surface area contributed by atoms with Gasteiger partial charge in [0.25, 0.3) is 5.91 Å². The summed E-state index contributed by atoms with van der Waals surface area (Å²) in [6.45, 7) is 6.11. The Labute approximate surface area is 123 Å². The van der Waals surface area contributed by atoms with Crippen molar-refractivity contribution in [2.75, 3.05) is 19.6 Å². The van der Waals surface area contributed by atoms with Crippen LogP contribution in [0.4, 0.5) is 0 Å². The lowest BCUT2D eigenvalue weighted by Crippen LogP contribution is -2.51. The fraction of sp³-hybridized carbons (Fsp3) is 0.400. The van der Waals surface area contributed by atoms with Gasteiger partial charge in [0, 0.05) is 43.7 Å². The van der Waals surface area contributed by atoms with Crippen LogP contribution in [0.25, 0.3) is 11.4 Å². The first-order valence-electron chi connectivity index (χ1n) is 7.07. The molecule has 1 N–H and O–H groups in total. The van der Waals surface area contributed by atoms with E-state index < -0.39 is 0 Å². The van der Waals surface area contributed by atoms with E-state index in [0.717, 1.165) is 25.2 Å². The van der Waals surface area contributed by atoms with Crippen LogP contribution in [-0.4, -0.2) is 46.6 Å². The minimum absolute atomic E-state index is 0.0467. The highest BCUT2D eigenvalue weighted by Gasteiger charge is 2.22. The SMILES string of the molecule is Cc1nc(-c2cccc(C(=O)N3CCN[C@H](C)C3)c2)no1. The van der Waals surface area contributed by atoms with E-state index >= 15 is 0 Å². The summed E-state index contributed by atoms with van der Waals surface area (Å²) in [6.07, 6.45) is 0. The molecule has 1 aromatic carbocycles. The fourth-order valence-electron chi connectivity index (χ4n) is 2.51. The number of rotatable bonds is 2. The number of piperazine rings is 1. The minimum Gasteiger partial charge on any atom is -0.339 e. The Morgan fingerprint density at radius 1 is 1.48 bits per heavy atom. The molecule has 0 radical (unpaired) electrons. The zero-order valence-electron chi connectivity index (χ0n) is 12.2. The van der Waals surface area contributed by atoms with Gasteiger partial charge in [-0.15, -0.1) is 0 Å². The van der Waals surface area contributed by atoms with Crippen molar-refractivity contribution in [1.82, 2.24) is 20.4 Å². The highest BCUT2D eigenvalue weighted by molar-refractivity contribution is 5.95. The zero-order valence-corrected chi connectivity index (χ0v) is 12.2. The molecule has 0 unspecified atom stereocenters. The maximum absolute atomic E-state index is 12.6. The summed E-state index contributed by atoms with van der Waals surface area (Å²) >= 11 is 0. The molecule has 1 aliphatic rings. The molecule has 0 saturated carbocycles. The number of hydrogen-bond donors (Lipinski definition) is 1. The second kappa shape index (κ2) is 5.65. The first kappa shape index (κ1) is 13.8. The van der Waals surface area contributed by atoms with Crippen LogP contribution in [0.2, 0.25) is 0 Å². The molecule has 2 heterocycles. The normalized spacial score (nSPS) is 18.8. The molecule has 0 aliphatic carbocycles. The van der Waals surface area contributed by atoms with Crippen molar-refractivity contribution in [3.8, 4) is 11.4 Å². The number of carbonyl (C=O) groups excluding carboxylic acids is 1. The topological polar surface area (TPSA) is 71.3 Å². The van der Waals surface area contributed by atoms with Gasteiger partial charge < -0.3 is 14.7 Å². The van der Waals surface area contributed by atoms with Crippen molar-refractivity contribution in [3.05, 3.63) is 35.7 Å². The zero-order chi connectivity index (χ0) is 14.8. The first-order valence-corrected chi connectivity index (χ1v) is 7.07. The Bertz CT molecular complexity index is 653. The fourth-order valence-corrected chi connectivity index (χ4v) is 2.51. The molecule has 21 heavy (non-hydrogen) atoms. The number of nitrogens with one attached hydrogen (secondary N) is 1. The molecule has 1 fully saturated rings. The lowest BCUT2D eigenvalue weighted by Gasteiger charge is -2.32. The van der Waals surface area contributed by atoms with Crippen molar-refractivity contribution >= 4 is 5.91 Å². The molecule has 0 bridgehead atoms. The maximum Gasteiger partial charge on any atom is 0.253 e. The molecule has 1 aromatic heterocycles. The molecule has 110 valence electrons. The Balaban J connectivity index is 1.84. The third-order valence-electron chi connectivity index (χ3n) is 3.55. The largest absolute Gasteiger partial charge is 0.339 e. The van der Waals surface area contributed by atoms with Crippen LogP contribution in [0, 0.1) is 6.92 Å². The van der Waals surface area contributed by atoms with E-state index in [1.807, 2.05) is 29.2 Å². The van der Waals surface area contributed by atoms with Crippen molar-refractivity contribution in [2.45, 2.75) is 19.9 Å². The molecule has 2 aromatic rings. The van der Waals surface area contributed by atoms with E-state index in [4.69, 9.17) is 4.52 Å². The summed E-state index contributed by atoms with van der Waals surface area (Å²) in [4.78, 5) is 18.6. The summed E-state index contributed by atoms with van der Waals surface area (Å²) in [7, 11) is 0. The molecule has 1 amide bonds. The van der Waals surface area contributed by atoms with Crippen LogP contribution in [0.5, 0.6) is 0 Å². The number of aromatic nitrogens is 2. The average molecular weight is 286 g/mol. The quantitative estimate of drug-likeness (QED) is 0.905. The average Bonchev–Trinajstić information content (AvgIpc) is 2.93. The van der Waals surface area contributed by atoms with Crippen LogP contribution in [0.1, 0.15) is 23.2 Å². The van der Waals surface area contributed by atoms with Gasteiger partial charge in [-0.05, 0) is 19.1 Å². The van der Waals surface area contributed by atoms with E-state index in [1.54, 1.807) is 6.92 Å². The van der Waals surface area contributed by atoms with Crippen LogP contribution in [-0.2, 0) is 0 Å². The second-order valence-electron chi connectivity index (χ2n) is 5.32. The van der Waals surface area contributed by atoms with Gasteiger partial charge in [0.05, 0.1) is 0 Å². The van der Waals surface area contributed by atoms with E-state index in [9.17, 15) is 4.79 Å². The summed E-state index contributed by atoms with van der Waals surface area (Å²) < 4.78 is 4.98. The summed E-state index contributed by atoms with van der Waals surface area (Å²) in [5.74, 6) is 1.07. The highest BCUT2D eigenvalue weighted by atomic mass is 16.5. The van der Waals surface area contributed by atoms with E-state index in [-0.39, 0.29) is 5.91 Å². The molecule has 6 heteroatoms. The predicted octanol–water partition coefficient (Wildman–Crippen LogP) is 1.48.